The van der Waals surface area contributed by atoms with Crippen LogP contribution in [0.4, 0.5) is 13.2 Å². The van der Waals surface area contributed by atoms with E-state index < -0.39 is 12.7 Å². The number of halogens is 3. The van der Waals surface area contributed by atoms with Gasteiger partial charge in [0.05, 0.1) is 13.1 Å². The Bertz CT molecular complexity index is 388. The van der Waals surface area contributed by atoms with Crippen molar-refractivity contribution in [3.8, 4) is 0 Å². The fourth-order valence-corrected chi connectivity index (χ4v) is 1.46. The number of carbonyl (C=O) groups excluding carboxylic acids is 1. The van der Waals surface area contributed by atoms with Gasteiger partial charge < -0.3 is 5.32 Å². The molecular formula is C12H14F3NO. The molecule has 0 radical (unpaired) electrons. The first-order valence-electron chi connectivity index (χ1n) is 5.21. The highest BCUT2D eigenvalue weighted by atomic mass is 19.4. The van der Waals surface area contributed by atoms with Gasteiger partial charge in [-0.25, -0.2) is 0 Å². The zero-order valence-electron chi connectivity index (χ0n) is 9.47. The van der Waals surface area contributed by atoms with Crippen molar-refractivity contribution in [1.29, 1.82) is 0 Å². The molecule has 0 aliphatic heterocycles. The van der Waals surface area contributed by atoms with E-state index >= 15 is 0 Å². The number of hydrogen-bond acceptors (Lipinski definition) is 2. The SMILES string of the molecule is Cc1cccc(CC(=O)CNCC(F)(F)F)c1. The summed E-state index contributed by atoms with van der Waals surface area (Å²) in [6.07, 6.45) is -4.11. The Kier molecular flexibility index (Phi) is 4.69. The van der Waals surface area contributed by atoms with Gasteiger partial charge in [-0.3, -0.25) is 4.79 Å². The van der Waals surface area contributed by atoms with Crippen LogP contribution in [-0.2, 0) is 11.2 Å². The first-order chi connectivity index (χ1) is 7.87. The largest absolute Gasteiger partial charge is 0.401 e. The van der Waals surface area contributed by atoms with E-state index in [1.54, 1.807) is 6.07 Å². The summed E-state index contributed by atoms with van der Waals surface area (Å²) < 4.78 is 35.4. The molecule has 0 fully saturated rings. The van der Waals surface area contributed by atoms with Gasteiger partial charge in [0.25, 0.3) is 0 Å². The minimum Gasteiger partial charge on any atom is -0.302 e. The first-order valence-corrected chi connectivity index (χ1v) is 5.21. The number of nitrogens with one attached hydrogen (secondary N) is 1. The summed E-state index contributed by atoms with van der Waals surface area (Å²) in [5.41, 5.74) is 1.85. The van der Waals surface area contributed by atoms with Gasteiger partial charge in [0.15, 0.2) is 5.78 Å². The van der Waals surface area contributed by atoms with E-state index in [1.165, 1.54) is 0 Å². The highest BCUT2D eigenvalue weighted by Gasteiger charge is 2.26. The molecule has 0 unspecified atom stereocenters. The van der Waals surface area contributed by atoms with Gasteiger partial charge in [-0.05, 0) is 12.5 Å². The van der Waals surface area contributed by atoms with E-state index in [0.717, 1.165) is 11.1 Å². The van der Waals surface area contributed by atoms with Crippen LogP contribution in [0.15, 0.2) is 24.3 Å². The molecule has 0 heterocycles. The van der Waals surface area contributed by atoms with Gasteiger partial charge in [0.2, 0.25) is 0 Å². The third-order valence-corrected chi connectivity index (χ3v) is 2.13. The lowest BCUT2D eigenvalue weighted by Gasteiger charge is -2.07. The molecule has 0 aliphatic rings. The quantitative estimate of drug-likeness (QED) is 0.862. The molecule has 0 saturated carbocycles. The van der Waals surface area contributed by atoms with E-state index in [-0.39, 0.29) is 18.7 Å². The van der Waals surface area contributed by atoms with Crippen LogP contribution in [0.2, 0.25) is 0 Å². The zero-order chi connectivity index (χ0) is 12.9. The Balaban J connectivity index is 2.35. The standard InChI is InChI=1S/C12H14F3NO/c1-9-3-2-4-10(5-9)6-11(17)7-16-8-12(13,14)15/h2-5,16H,6-8H2,1H3. The fourth-order valence-electron chi connectivity index (χ4n) is 1.46. The normalized spacial score (nSPS) is 11.5. The van der Waals surface area contributed by atoms with Crippen molar-refractivity contribution in [1.82, 2.24) is 5.32 Å². The lowest BCUT2D eigenvalue weighted by molar-refractivity contribution is -0.127. The summed E-state index contributed by atoms with van der Waals surface area (Å²) in [5, 5.41) is 2.09. The van der Waals surface area contributed by atoms with Gasteiger partial charge in [0.1, 0.15) is 0 Å². The molecule has 17 heavy (non-hydrogen) atoms. The zero-order valence-corrected chi connectivity index (χ0v) is 9.47. The monoisotopic (exact) mass is 245 g/mol. The highest BCUT2D eigenvalue weighted by molar-refractivity contribution is 5.82. The maximum Gasteiger partial charge on any atom is 0.401 e. The van der Waals surface area contributed by atoms with E-state index in [1.807, 2.05) is 25.1 Å². The van der Waals surface area contributed by atoms with Crippen molar-refractivity contribution in [2.45, 2.75) is 19.5 Å². The fraction of sp³-hybridized carbons (Fsp3) is 0.417. The van der Waals surface area contributed by atoms with Crippen molar-refractivity contribution >= 4 is 5.78 Å². The van der Waals surface area contributed by atoms with Crippen molar-refractivity contribution in [3.63, 3.8) is 0 Å². The Hall–Kier alpha value is -1.36. The number of aryl methyl sites for hydroxylation is 1. The van der Waals surface area contributed by atoms with Crippen LogP contribution in [0.3, 0.4) is 0 Å². The smallest absolute Gasteiger partial charge is 0.302 e. The third-order valence-electron chi connectivity index (χ3n) is 2.13. The maximum absolute atomic E-state index is 11.8. The molecule has 1 aromatic carbocycles. The predicted molar refractivity (Wildman–Crippen MR) is 58.8 cm³/mol. The van der Waals surface area contributed by atoms with E-state index in [4.69, 9.17) is 0 Å². The molecule has 0 spiro atoms. The average Bonchev–Trinajstić information content (AvgIpc) is 2.15. The third kappa shape index (κ3) is 6.06. The highest BCUT2D eigenvalue weighted by Crippen LogP contribution is 2.12. The van der Waals surface area contributed by atoms with Crippen molar-refractivity contribution in [2.24, 2.45) is 0 Å². The van der Waals surface area contributed by atoms with Gasteiger partial charge in [-0.1, -0.05) is 29.8 Å². The molecule has 0 aliphatic carbocycles. The molecule has 1 aromatic rings. The predicted octanol–water partition coefficient (Wildman–Crippen LogP) is 2.26. The molecule has 0 saturated heterocycles. The van der Waals surface area contributed by atoms with Crippen LogP contribution in [-0.4, -0.2) is 25.0 Å². The second-order valence-electron chi connectivity index (χ2n) is 3.92. The van der Waals surface area contributed by atoms with Gasteiger partial charge >= 0.3 is 6.18 Å². The lowest BCUT2D eigenvalue weighted by Crippen LogP contribution is -2.33. The van der Waals surface area contributed by atoms with Crippen LogP contribution in [0.1, 0.15) is 11.1 Å². The van der Waals surface area contributed by atoms with Gasteiger partial charge in [-0.15, -0.1) is 0 Å². The Morgan fingerprint density at radius 2 is 2.06 bits per heavy atom. The molecule has 1 rings (SSSR count). The number of benzene rings is 1. The molecular weight excluding hydrogens is 231 g/mol. The molecule has 0 atom stereocenters. The number of Topliss-reactive ketones (excluding diaryl/α,β-unsaturated/α-hetero) is 1. The van der Waals surface area contributed by atoms with Crippen LogP contribution in [0.25, 0.3) is 0 Å². The summed E-state index contributed by atoms with van der Waals surface area (Å²) in [6.45, 7) is 0.510. The van der Waals surface area contributed by atoms with Crippen LogP contribution in [0, 0.1) is 6.92 Å². The van der Waals surface area contributed by atoms with E-state index in [9.17, 15) is 18.0 Å². The number of alkyl halides is 3. The van der Waals surface area contributed by atoms with Gasteiger partial charge in [0, 0.05) is 6.42 Å². The van der Waals surface area contributed by atoms with Crippen LogP contribution >= 0.6 is 0 Å². The summed E-state index contributed by atoms with van der Waals surface area (Å²) >= 11 is 0. The molecule has 0 aromatic heterocycles. The number of hydrogen-bond donors (Lipinski definition) is 1. The second kappa shape index (κ2) is 5.82. The van der Waals surface area contributed by atoms with Crippen molar-refractivity contribution in [2.75, 3.05) is 13.1 Å². The topological polar surface area (TPSA) is 29.1 Å². The Morgan fingerprint density at radius 1 is 1.35 bits per heavy atom. The van der Waals surface area contributed by atoms with Crippen LogP contribution in [0.5, 0.6) is 0 Å². The summed E-state index contributed by atoms with van der Waals surface area (Å²) in [7, 11) is 0. The van der Waals surface area contributed by atoms with Crippen LogP contribution < -0.4 is 5.32 Å². The molecule has 0 amide bonds. The lowest BCUT2D eigenvalue weighted by atomic mass is 10.1. The first kappa shape index (κ1) is 13.7. The summed E-state index contributed by atoms with van der Waals surface area (Å²) in [4.78, 5) is 11.4. The van der Waals surface area contributed by atoms with Crippen molar-refractivity contribution in [3.05, 3.63) is 35.4 Å². The Morgan fingerprint density at radius 3 is 2.65 bits per heavy atom. The van der Waals surface area contributed by atoms with Gasteiger partial charge in [-0.2, -0.15) is 13.2 Å². The molecule has 0 bridgehead atoms. The minimum absolute atomic E-state index is 0.159. The number of rotatable bonds is 5. The molecule has 5 heteroatoms. The van der Waals surface area contributed by atoms with E-state index in [2.05, 4.69) is 5.32 Å². The number of ketones is 1. The molecule has 2 nitrogen and oxygen atoms in total. The second-order valence-corrected chi connectivity index (χ2v) is 3.92. The van der Waals surface area contributed by atoms with Crippen molar-refractivity contribution < 1.29 is 18.0 Å². The number of carbonyl (C=O) groups is 1. The minimum atomic E-state index is -4.27. The molecule has 1 N–H and O–H groups in total. The maximum atomic E-state index is 11.8. The van der Waals surface area contributed by atoms with E-state index in [0.29, 0.717) is 0 Å². The molecule has 94 valence electrons. The summed E-state index contributed by atoms with van der Waals surface area (Å²) in [6, 6.07) is 7.35. The average molecular weight is 245 g/mol. The Labute approximate surface area is 97.8 Å². The summed E-state index contributed by atoms with van der Waals surface area (Å²) in [5.74, 6) is -0.250.